The van der Waals surface area contributed by atoms with Crippen LogP contribution in [0.2, 0.25) is 0 Å². The van der Waals surface area contributed by atoms with Gasteiger partial charge < -0.3 is 10.4 Å². The molecule has 1 aliphatic heterocycles. The third-order valence-corrected chi connectivity index (χ3v) is 2.54. The fraction of sp³-hybridized carbons (Fsp3) is 1.00. The van der Waals surface area contributed by atoms with Gasteiger partial charge in [-0.25, -0.2) is 0 Å². The summed E-state index contributed by atoms with van der Waals surface area (Å²) in [5.41, 5.74) is 0.0600. The molecule has 0 amide bonds. The Balaban J connectivity index is 2.67. The van der Waals surface area contributed by atoms with Crippen molar-refractivity contribution in [1.82, 2.24) is 5.32 Å². The van der Waals surface area contributed by atoms with E-state index in [1.807, 2.05) is 0 Å². The molecule has 1 fully saturated rings. The van der Waals surface area contributed by atoms with Crippen molar-refractivity contribution in [1.29, 1.82) is 0 Å². The first-order chi connectivity index (χ1) is 4.83. The maximum Gasteiger partial charge on any atom is 0.0717 e. The molecule has 0 bridgehead atoms. The van der Waals surface area contributed by atoms with Crippen LogP contribution in [0.15, 0.2) is 0 Å². The van der Waals surface area contributed by atoms with E-state index >= 15 is 0 Å². The van der Waals surface area contributed by atoms with E-state index in [-0.39, 0.29) is 17.2 Å². The first-order valence-electron chi connectivity index (χ1n) is 4.31. The molecule has 2 heteroatoms. The molecule has 2 N–H and O–H groups in total. The molecule has 66 valence electrons. The number of aliphatic hydroxyl groups excluding tert-OH is 1. The molecule has 1 saturated heterocycles. The van der Waals surface area contributed by atoms with Gasteiger partial charge in [0, 0.05) is 11.1 Å². The van der Waals surface area contributed by atoms with Gasteiger partial charge in [-0.3, -0.25) is 0 Å². The molecule has 0 aromatic heterocycles. The predicted octanol–water partition coefficient (Wildman–Crippen LogP) is 1.29. The molecule has 1 atom stereocenters. The van der Waals surface area contributed by atoms with Crippen LogP contribution < -0.4 is 5.32 Å². The number of aliphatic hydroxyl groups is 1. The maximum atomic E-state index is 9.61. The highest BCUT2D eigenvalue weighted by molar-refractivity contribution is 4.98. The Bertz CT molecular complexity index is 152. The van der Waals surface area contributed by atoms with Crippen LogP contribution in [0.5, 0.6) is 0 Å². The van der Waals surface area contributed by atoms with E-state index < -0.39 is 0 Å². The monoisotopic (exact) mass is 157 g/mol. The summed E-state index contributed by atoms with van der Waals surface area (Å²) >= 11 is 0. The van der Waals surface area contributed by atoms with Gasteiger partial charge in [0.2, 0.25) is 0 Å². The summed E-state index contributed by atoms with van der Waals surface area (Å²) in [6.45, 7) is 8.47. The van der Waals surface area contributed by atoms with Crippen molar-refractivity contribution in [3.8, 4) is 0 Å². The molecule has 1 rings (SSSR count). The van der Waals surface area contributed by atoms with Crippen LogP contribution in [0.25, 0.3) is 0 Å². The van der Waals surface area contributed by atoms with Crippen molar-refractivity contribution < 1.29 is 5.11 Å². The molecular formula is C9H19NO. The van der Waals surface area contributed by atoms with E-state index in [2.05, 4.69) is 33.0 Å². The zero-order valence-corrected chi connectivity index (χ0v) is 7.94. The quantitative estimate of drug-likeness (QED) is 0.555. The van der Waals surface area contributed by atoms with Gasteiger partial charge in [0.15, 0.2) is 0 Å². The van der Waals surface area contributed by atoms with Gasteiger partial charge >= 0.3 is 0 Å². The zero-order chi connectivity index (χ0) is 8.70. The minimum absolute atomic E-state index is 0.123. The fourth-order valence-corrected chi connectivity index (χ4v) is 1.88. The van der Waals surface area contributed by atoms with E-state index in [1.165, 1.54) is 0 Å². The molecule has 2 nitrogen and oxygen atoms in total. The van der Waals surface area contributed by atoms with Crippen LogP contribution in [0.4, 0.5) is 0 Å². The summed E-state index contributed by atoms with van der Waals surface area (Å²) in [5.74, 6) is 0. The van der Waals surface area contributed by atoms with Crippen LogP contribution in [0, 0.1) is 0 Å². The van der Waals surface area contributed by atoms with Crippen LogP contribution >= 0.6 is 0 Å². The Morgan fingerprint density at radius 1 is 1.27 bits per heavy atom. The van der Waals surface area contributed by atoms with Gasteiger partial charge in [0.1, 0.15) is 0 Å². The lowest BCUT2D eigenvalue weighted by atomic mass is 9.81. The summed E-state index contributed by atoms with van der Waals surface area (Å²) in [6, 6.07) is 0. The van der Waals surface area contributed by atoms with Crippen LogP contribution in [0.3, 0.4) is 0 Å². The summed E-state index contributed by atoms with van der Waals surface area (Å²) in [7, 11) is 0. The number of hydrogen-bond acceptors (Lipinski definition) is 2. The largest absolute Gasteiger partial charge is 0.391 e. The van der Waals surface area contributed by atoms with Crippen LogP contribution in [-0.4, -0.2) is 22.3 Å². The molecule has 11 heavy (non-hydrogen) atoms. The molecule has 1 aliphatic rings. The van der Waals surface area contributed by atoms with E-state index in [9.17, 15) is 5.11 Å². The lowest BCUT2D eigenvalue weighted by molar-refractivity contribution is 0.0141. The second-order valence-corrected chi connectivity index (χ2v) is 4.79. The van der Waals surface area contributed by atoms with Gasteiger partial charge in [-0.2, -0.15) is 0 Å². The molecule has 0 aromatic rings. The molecule has 0 radical (unpaired) electrons. The zero-order valence-electron chi connectivity index (χ0n) is 7.94. The molecule has 1 unspecified atom stereocenters. The van der Waals surface area contributed by atoms with E-state index in [0.29, 0.717) is 0 Å². The minimum Gasteiger partial charge on any atom is -0.391 e. The Hall–Kier alpha value is -0.0800. The highest BCUT2D eigenvalue weighted by atomic mass is 16.3. The second-order valence-electron chi connectivity index (χ2n) is 4.79. The number of hydrogen-bond donors (Lipinski definition) is 2. The van der Waals surface area contributed by atoms with Crippen molar-refractivity contribution in [2.75, 3.05) is 0 Å². The first kappa shape index (κ1) is 9.01. The number of nitrogens with one attached hydrogen (secondary N) is 1. The van der Waals surface area contributed by atoms with E-state index in [1.54, 1.807) is 0 Å². The Kier molecular flexibility index (Phi) is 2.01. The van der Waals surface area contributed by atoms with Crippen LogP contribution in [0.1, 0.15) is 40.5 Å². The number of piperidine rings is 1. The highest BCUT2D eigenvalue weighted by Crippen LogP contribution is 2.28. The average Bonchev–Trinajstić information content (AvgIpc) is 1.77. The van der Waals surface area contributed by atoms with Crippen molar-refractivity contribution in [3.05, 3.63) is 0 Å². The third-order valence-electron chi connectivity index (χ3n) is 2.54. The summed E-state index contributed by atoms with van der Waals surface area (Å²) in [6.07, 6.45) is 1.76. The topological polar surface area (TPSA) is 32.3 Å². The molecule has 0 spiro atoms. The normalized spacial score (nSPS) is 35.2. The van der Waals surface area contributed by atoms with Crippen molar-refractivity contribution in [2.24, 2.45) is 0 Å². The lowest BCUT2D eigenvalue weighted by Crippen LogP contribution is -2.62. The van der Waals surface area contributed by atoms with Gasteiger partial charge in [-0.1, -0.05) is 0 Å². The average molecular weight is 157 g/mol. The molecule has 0 aliphatic carbocycles. The standard InChI is InChI=1S/C9H19NO/c1-8(2)6-5-7(11)9(3,4)10-8/h7,10-11H,5-6H2,1-4H3. The van der Waals surface area contributed by atoms with E-state index in [4.69, 9.17) is 0 Å². The summed E-state index contributed by atoms with van der Waals surface area (Å²) in [5, 5.41) is 13.0. The van der Waals surface area contributed by atoms with Gasteiger partial charge in [0.25, 0.3) is 0 Å². The number of rotatable bonds is 0. The maximum absolute atomic E-state index is 9.61. The predicted molar refractivity (Wildman–Crippen MR) is 46.5 cm³/mol. The Morgan fingerprint density at radius 2 is 1.82 bits per heavy atom. The smallest absolute Gasteiger partial charge is 0.0717 e. The van der Waals surface area contributed by atoms with Crippen molar-refractivity contribution in [3.63, 3.8) is 0 Å². The molecule has 0 aromatic carbocycles. The summed E-state index contributed by atoms with van der Waals surface area (Å²) in [4.78, 5) is 0. The Morgan fingerprint density at radius 3 is 2.18 bits per heavy atom. The summed E-state index contributed by atoms with van der Waals surface area (Å²) < 4.78 is 0. The van der Waals surface area contributed by atoms with Gasteiger partial charge in [0.05, 0.1) is 6.10 Å². The molecule has 1 heterocycles. The lowest BCUT2D eigenvalue weighted by Gasteiger charge is -2.45. The van der Waals surface area contributed by atoms with Crippen molar-refractivity contribution >= 4 is 0 Å². The SMILES string of the molecule is CC1(C)CCC(O)C(C)(C)N1. The first-order valence-corrected chi connectivity index (χ1v) is 4.31. The third kappa shape index (κ3) is 1.94. The molecule has 0 saturated carbocycles. The van der Waals surface area contributed by atoms with Gasteiger partial charge in [-0.05, 0) is 40.5 Å². The van der Waals surface area contributed by atoms with E-state index in [0.717, 1.165) is 12.8 Å². The van der Waals surface area contributed by atoms with Gasteiger partial charge in [-0.15, -0.1) is 0 Å². The second kappa shape index (κ2) is 2.46. The Labute approximate surface area is 69.0 Å². The highest BCUT2D eigenvalue weighted by Gasteiger charge is 2.38. The fourth-order valence-electron chi connectivity index (χ4n) is 1.88. The van der Waals surface area contributed by atoms with Crippen LogP contribution in [-0.2, 0) is 0 Å². The molecular weight excluding hydrogens is 138 g/mol. The van der Waals surface area contributed by atoms with Crippen molar-refractivity contribution in [2.45, 2.75) is 57.7 Å². The minimum atomic E-state index is -0.199.